The monoisotopic (exact) mass is 1090 g/mol. The first-order valence-electron chi connectivity index (χ1n) is 31.0. The number of amides is 1. The lowest BCUT2D eigenvalue weighted by Gasteiger charge is -2.46. The molecule has 9 N–H and O–H groups in total. The van der Waals surface area contributed by atoms with Gasteiger partial charge in [-0.2, -0.15) is 0 Å². The van der Waals surface area contributed by atoms with E-state index in [4.69, 9.17) is 18.9 Å². The molecule has 2 aliphatic heterocycles. The number of carbonyl (C=O) groups excluding carboxylic acids is 1. The van der Waals surface area contributed by atoms with Crippen LogP contribution in [0, 0.1) is 0 Å². The molecule has 0 saturated carbocycles. The standard InChI is InChI=1S/C63H113NO13/c1-3-5-7-9-11-13-15-17-19-20-21-22-23-24-25-26-27-28-29-30-31-32-33-35-37-39-41-43-45-47-55(68)64-51(52(67)46-44-42-40-38-36-34-18-16-14-12-10-8-6-4-2)50-74-62-60(73)58(71)61(54(49-66)76-62)77-63-59(72)57(70)56(69)53(48-65)75-63/h5,7,11,13,17,19,21-22,24-25,51-54,56-63,65-67,69-73H,3-4,6,8-10,12,14-16,18,20,23,26-50H2,1-2H3,(H,64,68)/b7-5-,13-11-,19-17-,22-21-,25-24-. The molecule has 2 heterocycles. The van der Waals surface area contributed by atoms with E-state index in [1.54, 1.807) is 0 Å². The number of ether oxygens (including phenoxy) is 4. The van der Waals surface area contributed by atoms with Crippen molar-refractivity contribution in [3.05, 3.63) is 60.8 Å². The van der Waals surface area contributed by atoms with Gasteiger partial charge in [-0.05, 0) is 57.8 Å². The smallest absolute Gasteiger partial charge is 0.220 e. The number of hydrogen-bond acceptors (Lipinski definition) is 13. The maximum atomic E-state index is 13.3. The molecule has 0 aliphatic carbocycles. The van der Waals surface area contributed by atoms with Gasteiger partial charge in [0.1, 0.15) is 48.8 Å². The van der Waals surface area contributed by atoms with Crippen LogP contribution in [0.1, 0.15) is 239 Å². The van der Waals surface area contributed by atoms with Gasteiger partial charge in [-0.1, -0.05) is 235 Å². The number of unbranched alkanes of at least 4 members (excludes halogenated alkanes) is 26. The van der Waals surface area contributed by atoms with Crippen LogP contribution in [0.25, 0.3) is 0 Å². The number of nitrogens with one attached hydrogen (secondary N) is 1. The molecule has 2 aliphatic rings. The van der Waals surface area contributed by atoms with Gasteiger partial charge in [0.05, 0.1) is 32.0 Å². The Bertz CT molecular complexity index is 1520. The van der Waals surface area contributed by atoms with E-state index in [0.29, 0.717) is 12.8 Å². The zero-order valence-electron chi connectivity index (χ0n) is 48.2. The Balaban J connectivity index is 1.68. The van der Waals surface area contributed by atoms with Gasteiger partial charge in [0, 0.05) is 6.42 Å². The van der Waals surface area contributed by atoms with Gasteiger partial charge in [0.15, 0.2) is 12.6 Å². The highest BCUT2D eigenvalue weighted by molar-refractivity contribution is 5.76. The Morgan fingerprint density at radius 2 is 0.896 bits per heavy atom. The lowest BCUT2D eigenvalue weighted by Crippen LogP contribution is -2.65. The molecule has 2 saturated heterocycles. The fourth-order valence-electron chi connectivity index (χ4n) is 10.0. The van der Waals surface area contributed by atoms with Gasteiger partial charge in [-0.25, -0.2) is 0 Å². The van der Waals surface area contributed by atoms with Crippen molar-refractivity contribution in [2.24, 2.45) is 0 Å². The number of rotatable bonds is 49. The van der Waals surface area contributed by atoms with Gasteiger partial charge in [-0.15, -0.1) is 0 Å². The van der Waals surface area contributed by atoms with Crippen molar-refractivity contribution in [3.63, 3.8) is 0 Å². The van der Waals surface area contributed by atoms with Crippen molar-refractivity contribution in [3.8, 4) is 0 Å². The Hall–Kier alpha value is -2.31. The lowest BCUT2D eigenvalue weighted by atomic mass is 9.97. The highest BCUT2D eigenvalue weighted by Gasteiger charge is 2.51. The van der Waals surface area contributed by atoms with Crippen LogP contribution in [0.5, 0.6) is 0 Å². The highest BCUT2D eigenvalue weighted by atomic mass is 16.7. The molecule has 77 heavy (non-hydrogen) atoms. The third-order valence-corrected chi connectivity index (χ3v) is 15.0. The zero-order valence-corrected chi connectivity index (χ0v) is 48.2. The van der Waals surface area contributed by atoms with Crippen LogP contribution in [0.15, 0.2) is 60.8 Å². The molecular weight excluding hydrogens is 979 g/mol. The summed E-state index contributed by atoms with van der Waals surface area (Å²) in [4.78, 5) is 13.3. The van der Waals surface area contributed by atoms with E-state index in [9.17, 15) is 45.6 Å². The van der Waals surface area contributed by atoms with Gasteiger partial charge in [0.2, 0.25) is 5.91 Å². The van der Waals surface area contributed by atoms with E-state index in [2.05, 4.69) is 79.9 Å². The van der Waals surface area contributed by atoms with E-state index in [1.165, 1.54) is 128 Å². The first kappa shape index (κ1) is 70.8. The third-order valence-electron chi connectivity index (χ3n) is 15.0. The summed E-state index contributed by atoms with van der Waals surface area (Å²) in [6, 6.07) is -0.831. The van der Waals surface area contributed by atoms with Gasteiger partial charge in [0.25, 0.3) is 0 Å². The second-order valence-electron chi connectivity index (χ2n) is 21.8. The fourth-order valence-corrected chi connectivity index (χ4v) is 10.0. The number of aliphatic hydroxyl groups is 8. The maximum Gasteiger partial charge on any atom is 0.220 e. The first-order chi connectivity index (χ1) is 37.6. The number of hydrogen-bond donors (Lipinski definition) is 9. The molecule has 0 radical (unpaired) electrons. The van der Waals surface area contributed by atoms with Gasteiger partial charge < -0.3 is 65.1 Å². The van der Waals surface area contributed by atoms with E-state index >= 15 is 0 Å². The summed E-state index contributed by atoms with van der Waals surface area (Å²) >= 11 is 0. The van der Waals surface area contributed by atoms with E-state index in [-0.39, 0.29) is 12.5 Å². The number of allylic oxidation sites excluding steroid dienone is 10. The predicted octanol–water partition coefficient (Wildman–Crippen LogP) is 10.9. The molecular formula is C63H113NO13. The molecule has 0 bridgehead atoms. The summed E-state index contributed by atoms with van der Waals surface area (Å²) in [7, 11) is 0. The van der Waals surface area contributed by atoms with Crippen molar-refractivity contribution >= 4 is 5.91 Å². The topological polar surface area (TPSA) is 228 Å². The molecule has 0 spiro atoms. The zero-order chi connectivity index (χ0) is 56.0. The SMILES string of the molecule is CC/C=C\C/C=C\C/C=C\C/C=C\C/C=C\CCCCCCCCCCCCCCCC(=O)NC(COC1OC(CO)C(OC2OC(CO)C(O)C(O)C2O)C(O)C1O)C(O)CCCCCCCCCCCCCCCC. The van der Waals surface area contributed by atoms with E-state index < -0.39 is 86.8 Å². The van der Waals surface area contributed by atoms with Gasteiger partial charge in [-0.3, -0.25) is 4.79 Å². The second-order valence-corrected chi connectivity index (χ2v) is 21.8. The minimum Gasteiger partial charge on any atom is -0.394 e. The summed E-state index contributed by atoms with van der Waals surface area (Å²) in [6.07, 6.45) is 45.1. The first-order valence-corrected chi connectivity index (χ1v) is 31.0. The molecule has 0 aromatic heterocycles. The molecule has 1 amide bonds. The Kier molecular flexibility index (Phi) is 44.5. The molecule has 12 atom stereocenters. The normalized spacial score (nSPS) is 25.1. The average Bonchev–Trinajstić information content (AvgIpc) is 3.43. The minimum atomic E-state index is -1.78. The Morgan fingerprint density at radius 1 is 0.481 bits per heavy atom. The number of carbonyl (C=O) groups is 1. The molecule has 0 aromatic rings. The van der Waals surface area contributed by atoms with Crippen molar-refractivity contribution in [2.75, 3.05) is 19.8 Å². The molecule has 12 unspecified atom stereocenters. The molecule has 14 heteroatoms. The van der Waals surface area contributed by atoms with Crippen molar-refractivity contribution in [1.29, 1.82) is 0 Å². The third kappa shape index (κ3) is 33.9. The summed E-state index contributed by atoms with van der Waals surface area (Å²) in [5.74, 6) is -0.209. The van der Waals surface area contributed by atoms with Crippen molar-refractivity contribution < 1.29 is 64.6 Å². The van der Waals surface area contributed by atoms with Crippen LogP contribution in [0.4, 0.5) is 0 Å². The highest BCUT2D eigenvalue weighted by Crippen LogP contribution is 2.30. The molecule has 448 valence electrons. The number of aliphatic hydroxyl groups excluding tert-OH is 8. The lowest BCUT2D eigenvalue weighted by molar-refractivity contribution is -0.359. The molecule has 2 rings (SSSR count). The molecule has 14 nitrogen and oxygen atoms in total. The van der Waals surface area contributed by atoms with Crippen LogP contribution < -0.4 is 5.32 Å². The average molecular weight is 1090 g/mol. The quantitative estimate of drug-likeness (QED) is 0.0204. The Morgan fingerprint density at radius 3 is 1.38 bits per heavy atom. The van der Waals surface area contributed by atoms with Crippen LogP contribution in [0.3, 0.4) is 0 Å². The molecule has 0 aromatic carbocycles. The van der Waals surface area contributed by atoms with Crippen LogP contribution in [-0.2, 0) is 23.7 Å². The summed E-state index contributed by atoms with van der Waals surface area (Å²) < 4.78 is 22.8. The van der Waals surface area contributed by atoms with E-state index in [1.807, 2.05) is 0 Å². The minimum absolute atomic E-state index is 0.209. The predicted molar refractivity (Wildman–Crippen MR) is 309 cm³/mol. The van der Waals surface area contributed by atoms with Crippen LogP contribution in [-0.4, -0.2) is 140 Å². The Labute approximate surface area is 466 Å². The molecule has 2 fully saturated rings. The van der Waals surface area contributed by atoms with Gasteiger partial charge >= 0.3 is 0 Å². The summed E-state index contributed by atoms with van der Waals surface area (Å²) in [5.41, 5.74) is 0. The van der Waals surface area contributed by atoms with E-state index in [0.717, 1.165) is 83.5 Å². The summed E-state index contributed by atoms with van der Waals surface area (Å²) in [6.45, 7) is 2.75. The van der Waals surface area contributed by atoms with Crippen LogP contribution >= 0.6 is 0 Å². The van der Waals surface area contributed by atoms with Crippen molar-refractivity contribution in [1.82, 2.24) is 5.32 Å². The fraction of sp³-hybridized carbons (Fsp3) is 0.825. The van der Waals surface area contributed by atoms with Crippen molar-refractivity contribution in [2.45, 2.75) is 312 Å². The maximum absolute atomic E-state index is 13.3. The summed E-state index contributed by atoms with van der Waals surface area (Å²) in [5, 5.41) is 87.3. The second kappa shape index (κ2) is 48.4. The van der Waals surface area contributed by atoms with Crippen LogP contribution in [0.2, 0.25) is 0 Å². The largest absolute Gasteiger partial charge is 0.394 e.